The number of ether oxygens (including phenoxy) is 2. The maximum absolute atomic E-state index is 13.5. The van der Waals surface area contributed by atoms with Crippen LogP contribution in [0, 0.1) is 11.2 Å². The third-order valence-electron chi connectivity index (χ3n) is 5.86. The number of benzene rings is 1. The Morgan fingerprint density at radius 3 is 2.61 bits per heavy atom. The quantitative estimate of drug-likeness (QED) is 0.528. The van der Waals surface area contributed by atoms with Crippen molar-refractivity contribution in [3.63, 3.8) is 0 Å². The molecule has 1 aromatic carbocycles. The summed E-state index contributed by atoms with van der Waals surface area (Å²) in [4.78, 5) is 13.5. The first kappa shape index (κ1) is 23.6. The SMILES string of the molecule is COC1=CC(C)(N)C(Cl)=CC1(CCCOc1ccc(F)cc1)C(=O)NC1CCNCC1. The van der Waals surface area contributed by atoms with E-state index in [9.17, 15) is 9.18 Å². The van der Waals surface area contributed by atoms with E-state index in [-0.39, 0.29) is 17.8 Å². The lowest BCUT2D eigenvalue weighted by Crippen LogP contribution is -2.52. The van der Waals surface area contributed by atoms with Crippen LogP contribution in [0.15, 0.2) is 47.2 Å². The predicted octanol–water partition coefficient (Wildman–Crippen LogP) is 3.22. The molecule has 1 heterocycles. The van der Waals surface area contributed by atoms with Gasteiger partial charge in [0.1, 0.15) is 22.7 Å². The molecule has 6 nitrogen and oxygen atoms in total. The lowest BCUT2D eigenvalue weighted by molar-refractivity contribution is -0.130. The minimum absolute atomic E-state index is 0.0950. The molecule has 1 aliphatic carbocycles. The summed E-state index contributed by atoms with van der Waals surface area (Å²) in [6, 6.07) is 5.94. The minimum Gasteiger partial charge on any atom is -0.500 e. The fraction of sp³-hybridized carbons (Fsp3) is 0.522. The number of nitrogens with two attached hydrogens (primary N) is 1. The van der Waals surface area contributed by atoms with Gasteiger partial charge in [-0.15, -0.1) is 0 Å². The van der Waals surface area contributed by atoms with Crippen molar-refractivity contribution in [3.05, 3.63) is 53.0 Å². The van der Waals surface area contributed by atoms with E-state index in [1.54, 1.807) is 31.2 Å². The number of halogens is 2. The molecule has 2 aliphatic rings. The molecule has 1 aliphatic heterocycles. The van der Waals surface area contributed by atoms with Gasteiger partial charge in [0.15, 0.2) is 0 Å². The summed E-state index contributed by atoms with van der Waals surface area (Å²) in [7, 11) is 1.54. The van der Waals surface area contributed by atoms with Crippen LogP contribution in [0.5, 0.6) is 5.75 Å². The van der Waals surface area contributed by atoms with E-state index in [1.807, 2.05) is 0 Å². The Balaban J connectivity index is 1.76. The number of carbonyl (C=O) groups excluding carboxylic acids is 1. The molecule has 2 atom stereocenters. The molecule has 1 amide bonds. The van der Waals surface area contributed by atoms with E-state index in [1.165, 1.54) is 19.2 Å². The van der Waals surface area contributed by atoms with Crippen LogP contribution in [0.3, 0.4) is 0 Å². The molecule has 1 saturated heterocycles. The average Bonchev–Trinajstić information content (AvgIpc) is 2.75. The van der Waals surface area contributed by atoms with Gasteiger partial charge in [0, 0.05) is 11.1 Å². The highest BCUT2D eigenvalue weighted by atomic mass is 35.5. The monoisotopic (exact) mass is 451 g/mol. The summed E-state index contributed by atoms with van der Waals surface area (Å²) in [5, 5.41) is 6.88. The predicted molar refractivity (Wildman–Crippen MR) is 119 cm³/mol. The Bertz CT molecular complexity index is 835. The molecule has 170 valence electrons. The molecule has 1 fully saturated rings. The zero-order valence-corrected chi connectivity index (χ0v) is 18.8. The Hall–Kier alpha value is -2.09. The molecule has 1 aromatic rings. The van der Waals surface area contributed by atoms with Gasteiger partial charge in [0.25, 0.3) is 0 Å². The fourth-order valence-electron chi connectivity index (χ4n) is 3.99. The molecule has 0 bridgehead atoms. The number of carbonyl (C=O) groups is 1. The number of amides is 1. The zero-order valence-electron chi connectivity index (χ0n) is 18.0. The molecule has 3 rings (SSSR count). The second-order valence-electron chi connectivity index (χ2n) is 8.36. The molecular formula is C23H31ClFN3O3. The van der Waals surface area contributed by atoms with Crippen LogP contribution in [0.25, 0.3) is 0 Å². The largest absolute Gasteiger partial charge is 0.500 e. The van der Waals surface area contributed by atoms with E-state index in [0.717, 1.165) is 25.9 Å². The van der Waals surface area contributed by atoms with E-state index >= 15 is 0 Å². The highest BCUT2D eigenvalue weighted by Crippen LogP contribution is 2.44. The van der Waals surface area contributed by atoms with Crippen LogP contribution in [0.4, 0.5) is 4.39 Å². The number of hydrogen-bond donors (Lipinski definition) is 3. The first-order valence-electron chi connectivity index (χ1n) is 10.6. The van der Waals surface area contributed by atoms with Crippen molar-refractivity contribution in [3.8, 4) is 5.75 Å². The maximum atomic E-state index is 13.5. The van der Waals surface area contributed by atoms with Crippen molar-refractivity contribution in [1.29, 1.82) is 0 Å². The first-order valence-corrected chi connectivity index (χ1v) is 11.0. The Kier molecular flexibility index (Phi) is 7.62. The lowest BCUT2D eigenvalue weighted by atomic mass is 9.73. The zero-order chi connectivity index (χ0) is 22.5. The van der Waals surface area contributed by atoms with Gasteiger partial charge >= 0.3 is 0 Å². The number of methoxy groups -OCH3 is 1. The molecule has 0 aromatic heterocycles. The van der Waals surface area contributed by atoms with Crippen molar-refractivity contribution < 1.29 is 18.7 Å². The van der Waals surface area contributed by atoms with Gasteiger partial charge in [-0.1, -0.05) is 11.6 Å². The highest BCUT2D eigenvalue weighted by Gasteiger charge is 2.47. The van der Waals surface area contributed by atoms with Crippen LogP contribution < -0.4 is 21.1 Å². The maximum Gasteiger partial charge on any atom is 0.237 e. The topological polar surface area (TPSA) is 85.6 Å². The summed E-state index contributed by atoms with van der Waals surface area (Å²) in [5.41, 5.74) is 4.31. The van der Waals surface area contributed by atoms with E-state index < -0.39 is 11.0 Å². The Labute approximate surface area is 188 Å². The van der Waals surface area contributed by atoms with Crippen LogP contribution >= 0.6 is 11.6 Å². The van der Waals surface area contributed by atoms with Crippen molar-refractivity contribution >= 4 is 17.5 Å². The van der Waals surface area contributed by atoms with Gasteiger partial charge in [-0.05, 0) is 82.1 Å². The first-order chi connectivity index (χ1) is 14.8. The number of hydrogen-bond acceptors (Lipinski definition) is 5. The van der Waals surface area contributed by atoms with Crippen LogP contribution in [-0.4, -0.2) is 44.3 Å². The van der Waals surface area contributed by atoms with Crippen LogP contribution in [-0.2, 0) is 9.53 Å². The Morgan fingerprint density at radius 1 is 1.29 bits per heavy atom. The smallest absolute Gasteiger partial charge is 0.237 e. The summed E-state index contributed by atoms with van der Waals surface area (Å²) >= 11 is 6.50. The minimum atomic E-state index is -1.07. The fourth-order valence-corrected chi connectivity index (χ4v) is 4.23. The van der Waals surface area contributed by atoms with Gasteiger partial charge in [-0.25, -0.2) is 4.39 Å². The van der Waals surface area contributed by atoms with Gasteiger partial charge < -0.3 is 25.8 Å². The highest BCUT2D eigenvalue weighted by molar-refractivity contribution is 6.31. The normalized spacial score (nSPS) is 26.6. The molecule has 2 unspecified atom stereocenters. The van der Waals surface area contributed by atoms with E-state index in [0.29, 0.717) is 36.0 Å². The molecule has 0 radical (unpaired) electrons. The van der Waals surface area contributed by atoms with Crippen molar-refractivity contribution in [1.82, 2.24) is 10.6 Å². The van der Waals surface area contributed by atoms with Crippen molar-refractivity contribution in [2.24, 2.45) is 11.1 Å². The summed E-state index contributed by atoms with van der Waals surface area (Å²) in [6.45, 7) is 3.87. The van der Waals surface area contributed by atoms with Gasteiger partial charge in [-0.2, -0.15) is 0 Å². The number of nitrogens with one attached hydrogen (secondary N) is 2. The van der Waals surface area contributed by atoms with Crippen molar-refractivity contribution in [2.45, 2.75) is 44.2 Å². The summed E-state index contributed by atoms with van der Waals surface area (Å²) < 4.78 is 24.4. The number of rotatable bonds is 8. The van der Waals surface area contributed by atoms with Gasteiger partial charge in [0.2, 0.25) is 5.91 Å². The van der Waals surface area contributed by atoms with E-state index in [4.69, 9.17) is 26.8 Å². The second-order valence-corrected chi connectivity index (χ2v) is 8.77. The molecule has 0 spiro atoms. The van der Waals surface area contributed by atoms with Crippen LogP contribution in [0.1, 0.15) is 32.6 Å². The molecule has 31 heavy (non-hydrogen) atoms. The van der Waals surface area contributed by atoms with Crippen molar-refractivity contribution in [2.75, 3.05) is 26.8 Å². The Morgan fingerprint density at radius 2 is 1.97 bits per heavy atom. The molecular weight excluding hydrogens is 421 g/mol. The van der Waals surface area contributed by atoms with Gasteiger partial charge in [-0.3, -0.25) is 4.79 Å². The molecule has 0 saturated carbocycles. The average molecular weight is 452 g/mol. The lowest BCUT2D eigenvalue weighted by Gasteiger charge is -2.39. The second kappa shape index (κ2) is 10.0. The van der Waals surface area contributed by atoms with E-state index in [2.05, 4.69) is 10.6 Å². The molecule has 4 N–H and O–H groups in total. The standard InChI is InChI=1S/C23H31ClFN3O3/c1-22(26)15-20(30-2)23(14-19(22)24,21(29)28-17-8-11-27-12-9-17)10-3-13-31-18-6-4-16(25)5-7-18/h4-7,14-15,17,27H,3,8-13,26H2,1-2H3,(H,28,29). The summed E-state index contributed by atoms with van der Waals surface area (Å²) in [5.74, 6) is 0.587. The summed E-state index contributed by atoms with van der Waals surface area (Å²) in [6.07, 6.45) is 6.16. The molecule has 8 heteroatoms. The van der Waals surface area contributed by atoms with Crippen LogP contribution in [0.2, 0.25) is 0 Å². The van der Waals surface area contributed by atoms with Gasteiger partial charge in [0.05, 0.1) is 19.3 Å². The third kappa shape index (κ3) is 5.59. The third-order valence-corrected chi connectivity index (χ3v) is 6.37. The number of piperidine rings is 1.